The van der Waals surface area contributed by atoms with E-state index < -0.39 is 9.84 Å². The largest absolute Gasteiger partial charge is 0.398 e. The van der Waals surface area contributed by atoms with Crippen molar-refractivity contribution < 1.29 is 8.42 Å². The zero-order valence-corrected chi connectivity index (χ0v) is 17.8. The van der Waals surface area contributed by atoms with Gasteiger partial charge in [-0.05, 0) is 63.8 Å². The van der Waals surface area contributed by atoms with Gasteiger partial charge in [0.2, 0.25) is 9.84 Å². The summed E-state index contributed by atoms with van der Waals surface area (Å²) in [6.07, 6.45) is 5.38. The molecular weight excluding hydrogens is 472 g/mol. The maximum atomic E-state index is 13.2. The topological polar surface area (TPSA) is 104 Å². The Bertz CT molecular complexity index is 919. The minimum absolute atomic E-state index is 0.0791. The average Bonchev–Trinajstić information content (AvgIpc) is 2.86. The Labute approximate surface area is 164 Å². The molecule has 0 saturated heterocycles. The number of hydrogen-bond donors (Lipinski definition) is 2. The number of aromatic nitrogens is 2. The van der Waals surface area contributed by atoms with E-state index in [2.05, 4.69) is 37.0 Å². The van der Waals surface area contributed by atoms with Crippen LogP contribution in [0.25, 0.3) is 0 Å². The third-order valence-electron chi connectivity index (χ3n) is 4.60. The van der Waals surface area contributed by atoms with E-state index >= 15 is 0 Å². The van der Waals surface area contributed by atoms with E-state index in [9.17, 15) is 8.42 Å². The molecule has 0 atom stereocenters. The molecule has 1 fully saturated rings. The van der Waals surface area contributed by atoms with E-state index in [1.807, 2.05) is 0 Å². The molecule has 0 amide bonds. The molecule has 2 aromatic rings. The molecule has 0 unspecified atom stereocenters. The van der Waals surface area contributed by atoms with Crippen molar-refractivity contribution in [3.63, 3.8) is 0 Å². The zero-order valence-electron chi connectivity index (χ0n) is 13.8. The van der Waals surface area contributed by atoms with Crippen LogP contribution in [0.1, 0.15) is 43.8 Å². The van der Waals surface area contributed by atoms with E-state index in [-0.39, 0.29) is 21.7 Å². The first-order chi connectivity index (χ1) is 11.7. The Balaban J connectivity index is 2.12. The zero-order chi connectivity index (χ0) is 18.4. The Kier molecular flexibility index (Phi) is 5.18. The van der Waals surface area contributed by atoms with Crippen LogP contribution in [0.3, 0.4) is 0 Å². The molecule has 0 bridgehead atoms. The predicted octanol–water partition coefficient (Wildman–Crippen LogP) is 4.22. The molecule has 9 heteroatoms. The number of halogens is 2. The van der Waals surface area contributed by atoms with Crippen LogP contribution >= 0.6 is 31.9 Å². The molecule has 4 N–H and O–H groups in total. The monoisotopic (exact) mass is 490 g/mol. The fourth-order valence-electron chi connectivity index (χ4n) is 3.35. The molecule has 1 aliphatic carbocycles. The van der Waals surface area contributed by atoms with Crippen molar-refractivity contribution in [1.29, 1.82) is 0 Å². The minimum atomic E-state index is -3.83. The van der Waals surface area contributed by atoms with E-state index in [1.54, 1.807) is 17.7 Å². The first-order valence-electron chi connectivity index (χ1n) is 8.07. The van der Waals surface area contributed by atoms with Crippen LogP contribution in [0.4, 0.5) is 11.5 Å². The highest BCUT2D eigenvalue weighted by Gasteiger charge is 2.31. The number of nitrogen functional groups attached to an aromatic ring is 2. The third kappa shape index (κ3) is 3.33. The lowest BCUT2D eigenvalue weighted by molar-refractivity contribution is 0.332. The summed E-state index contributed by atoms with van der Waals surface area (Å²) in [5.41, 5.74) is 12.9. The van der Waals surface area contributed by atoms with Crippen molar-refractivity contribution in [2.45, 2.75) is 54.9 Å². The maximum Gasteiger partial charge on any atom is 0.213 e. The maximum absolute atomic E-state index is 13.2. The summed E-state index contributed by atoms with van der Waals surface area (Å²) in [5, 5.41) is 4.46. The van der Waals surface area contributed by atoms with Crippen LogP contribution < -0.4 is 11.5 Å². The molecule has 3 rings (SSSR count). The number of nitrogens with two attached hydrogens (primary N) is 2. The van der Waals surface area contributed by atoms with Gasteiger partial charge in [0.05, 0.1) is 16.6 Å². The number of sulfone groups is 1. The summed E-state index contributed by atoms with van der Waals surface area (Å²) in [6, 6.07) is 3.22. The van der Waals surface area contributed by atoms with Crippen molar-refractivity contribution in [2.75, 3.05) is 11.5 Å². The predicted molar refractivity (Wildman–Crippen MR) is 105 cm³/mol. The lowest BCUT2D eigenvalue weighted by Gasteiger charge is -2.23. The van der Waals surface area contributed by atoms with Gasteiger partial charge in [-0.1, -0.05) is 19.3 Å². The Morgan fingerprint density at radius 2 is 1.76 bits per heavy atom. The standard InChI is InChI=1S/C16H20Br2N4O2S/c1-9-15(16(20)22(21-9)10-5-3-2-4-6-10)25(23,24)14-8-11(17)13(19)7-12(14)18/h7-8,10H,2-6,19-20H2,1H3. The van der Waals surface area contributed by atoms with Crippen molar-refractivity contribution in [2.24, 2.45) is 0 Å². The van der Waals surface area contributed by atoms with E-state index in [1.165, 1.54) is 12.5 Å². The minimum Gasteiger partial charge on any atom is -0.398 e. The number of anilines is 2. The quantitative estimate of drug-likeness (QED) is 0.625. The summed E-state index contributed by atoms with van der Waals surface area (Å²) < 4.78 is 29.1. The molecule has 1 aromatic carbocycles. The number of nitrogens with zero attached hydrogens (tertiary/aromatic N) is 2. The van der Waals surface area contributed by atoms with E-state index in [4.69, 9.17) is 11.5 Å². The van der Waals surface area contributed by atoms with Gasteiger partial charge in [0.15, 0.2) is 0 Å². The molecule has 1 aromatic heterocycles. The second kappa shape index (κ2) is 6.92. The molecule has 25 heavy (non-hydrogen) atoms. The fourth-order valence-corrected chi connectivity index (χ4v) is 6.45. The Hall–Kier alpha value is -1.06. The lowest BCUT2D eigenvalue weighted by Crippen LogP contribution is -2.17. The Morgan fingerprint density at radius 3 is 2.40 bits per heavy atom. The van der Waals surface area contributed by atoms with Crippen molar-refractivity contribution in [3.05, 3.63) is 26.8 Å². The van der Waals surface area contributed by atoms with Gasteiger partial charge >= 0.3 is 0 Å². The molecule has 1 heterocycles. The second-order valence-electron chi connectivity index (χ2n) is 6.34. The molecule has 1 saturated carbocycles. The molecule has 0 radical (unpaired) electrons. The van der Waals surface area contributed by atoms with Crippen molar-refractivity contribution in [3.8, 4) is 0 Å². The van der Waals surface area contributed by atoms with Crippen LogP contribution in [0.15, 0.2) is 30.9 Å². The first-order valence-corrected chi connectivity index (χ1v) is 11.1. The summed E-state index contributed by atoms with van der Waals surface area (Å²) in [4.78, 5) is 0.196. The highest BCUT2D eigenvalue weighted by Crippen LogP contribution is 2.39. The lowest BCUT2D eigenvalue weighted by atomic mass is 9.96. The summed E-state index contributed by atoms with van der Waals surface area (Å²) >= 11 is 6.59. The first kappa shape index (κ1) is 18.7. The van der Waals surface area contributed by atoms with Crippen molar-refractivity contribution in [1.82, 2.24) is 9.78 Å². The van der Waals surface area contributed by atoms with Gasteiger partial charge in [-0.15, -0.1) is 0 Å². The van der Waals surface area contributed by atoms with Gasteiger partial charge in [0, 0.05) is 14.6 Å². The summed E-state index contributed by atoms with van der Waals surface area (Å²) in [5.74, 6) is 0.212. The second-order valence-corrected chi connectivity index (χ2v) is 9.91. The van der Waals surface area contributed by atoms with Crippen LogP contribution in [0.5, 0.6) is 0 Å². The van der Waals surface area contributed by atoms with Crippen LogP contribution in [-0.2, 0) is 9.84 Å². The van der Waals surface area contributed by atoms with Crippen LogP contribution in [0, 0.1) is 6.92 Å². The Morgan fingerprint density at radius 1 is 1.12 bits per heavy atom. The molecular formula is C16H20Br2N4O2S. The highest BCUT2D eigenvalue weighted by atomic mass is 79.9. The number of aryl methyl sites for hydroxylation is 1. The molecule has 0 aliphatic heterocycles. The molecule has 136 valence electrons. The van der Waals surface area contributed by atoms with Gasteiger partial charge in [0.25, 0.3) is 0 Å². The smallest absolute Gasteiger partial charge is 0.213 e. The normalized spacial score (nSPS) is 16.3. The number of rotatable bonds is 3. The van der Waals surface area contributed by atoms with Gasteiger partial charge in [-0.2, -0.15) is 5.10 Å². The van der Waals surface area contributed by atoms with Crippen LogP contribution in [0.2, 0.25) is 0 Å². The SMILES string of the molecule is Cc1nn(C2CCCCC2)c(N)c1S(=O)(=O)c1cc(Br)c(N)cc1Br. The number of hydrogen-bond acceptors (Lipinski definition) is 5. The molecule has 1 aliphatic rings. The number of benzene rings is 1. The third-order valence-corrected chi connectivity index (χ3v) is 8.16. The van der Waals surface area contributed by atoms with Gasteiger partial charge in [-0.3, -0.25) is 0 Å². The van der Waals surface area contributed by atoms with Gasteiger partial charge in [0.1, 0.15) is 10.7 Å². The van der Waals surface area contributed by atoms with Crippen LogP contribution in [-0.4, -0.2) is 18.2 Å². The summed E-state index contributed by atoms with van der Waals surface area (Å²) in [6.45, 7) is 1.68. The van der Waals surface area contributed by atoms with Gasteiger partial charge in [-0.25, -0.2) is 13.1 Å². The summed E-state index contributed by atoms with van der Waals surface area (Å²) in [7, 11) is -3.83. The van der Waals surface area contributed by atoms with Gasteiger partial charge < -0.3 is 11.5 Å². The molecule has 0 spiro atoms. The molecule has 6 nitrogen and oxygen atoms in total. The highest BCUT2D eigenvalue weighted by molar-refractivity contribution is 9.11. The van der Waals surface area contributed by atoms with E-state index in [0.717, 1.165) is 25.7 Å². The fraction of sp³-hybridized carbons (Fsp3) is 0.438. The van der Waals surface area contributed by atoms with Crippen molar-refractivity contribution >= 4 is 53.2 Å². The average molecular weight is 492 g/mol. The van der Waals surface area contributed by atoms with E-state index in [0.29, 0.717) is 20.3 Å².